The number of benzene rings is 2. The van der Waals surface area contributed by atoms with E-state index in [0.717, 1.165) is 16.9 Å². The molecular weight excluding hydrogens is 264 g/mol. The molecule has 0 aliphatic heterocycles. The number of nitrogens with zero attached hydrogens (tertiary/aromatic N) is 1. The quantitative estimate of drug-likeness (QED) is 0.392. The van der Waals surface area contributed by atoms with Crippen LogP contribution >= 0.6 is 0 Å². The number of amidine groups is 1. The Labute approximate surface area is 124 Å². The van der Waals surface area contributed by atoms with Crippen molar-refractivity contribution in [2.24, 2.45) is 10.9 Å². The number of hydrogen-bond acceptors (Lipinski definition) is 3. The molecule has 4 heteroatoms. The molecule has 0 amide bonds. The molecule has 21 heavy (non-hydrogen) atoms. The maximum absolute atomic E-state index is 8.69. The second-order valence-corrected chi connectivity index (χ2v) is 5.16. The second-order valence-electron chi connectivity index (χ2n) is 5.16. The highest BCUT2D eigenvalue weighted by molar-refractivity contribution is 5.97. The van der Waals surface area contributed by atoms with E-state index in [0.29, 0.717) is 12.2 Å². The van der Waals surface area contributed by atoms with Crippen molar-refractivity contribution in [1.29, 1.82) is 0 Å². The number of hydrogen-bond donors (Lipinski definition) is 2. The summed E-state index contributed by atoms with van der Waals surface area (Å²) in [6.07, 6.45) is 0. The molecule has 0 heterocycles. The Hall–Kier alpha value is -2.49. The van der Waals surface area contributed by atoms with Crippen molar-refractivity contribution < 1.29 is 9.94 Å². The van der Waals surface area contributed by atoms with Gasteiger partial charge in [-0.25, -0.2) is 0 Å². The Morgan fingerprint density at radius 1 is 1.05 bits per heavy atom. The first kappa shape index (κ1) is 14.9. The van der Waals surface area contributed by atoms with Crippen LogP contribution in [-0.4, -0.2) is 11.0 Å². The lowest BCUT2D eigenvalue weighted by Crippen LogP contribution is -2.13. The van der Waals surface area contributed by atoms with Gasteiger partial charge in [0, 0.05) is 5.56 Å². The highest BCUT2D eigenvalue weighted by Gasteiger charge is 2.05. The Bertz CT molecular complexity index is 678. The molecule has 0 fully saturated rings. The molecule has 0 bridgehead atoms. The summed E-state index contributed by atoms with van der Waals surface area (Å²) < 4.78 is 5.82. The smallest absolute Gasteiger partial charge is 0.170 e. The minimum absolute atomic E-state index is 0.111. The first-order chi connectivity index (χ1) is 10.0. The predicted octanol–water partition coefficient (Wildman–Crippen LogP) is 3.29. The molecular formula is C17H20N2O2. The van der Waals surface area contributed by atoms with Crippen molar-refractivity contribution in [3.63, 3.8) is 0 Å². The van der Waals surface area contributed by atoms with Crippen LogP contribution in [0.25, 0.3) is 0 Å². The fourth-order valence-corrected chi connectivity index (χ4v) is 2.04. The third kappa shape index (κ3) is 3.54. The van der Waals surface area contributed by atoms with E-state index in [2.05, 4.69) is 25.1 Å². The van der Waals surface area contributed by atoms with Crippen LogP contribution in [0.5, 0.6) is 5.75 Å². The molecule has 2 aromatic rings. The van der Waals surface area contributed by atoms with Gasteiger partial charge < -0.3 is 15.7 Å². The Morgan fingerprint density at radius 3 is 2.43 bits per heavy atom. The molecule has 0 aliphatic carbocycles. The Kier molecular flexibility index (Phi) is 4.48. The van der Waals surface area contributed by atoms with E-state index in [1.54, 1.807) is 0 Å². The molecule has 110 valence electrons. The van der Waals surface area contributed by atoms with Gasteiger partial charge in [0.05, 0.1) is 0 Å². The molecule has 0 saturated carbocycles. The van der Waals surface area contributed by atoms with Gasteiger partial charge >= 0.3 is 0 Å². The van der Waals surface area contributed by atoms with Gasteiger partial charge in [0.15, 0.2) is 5.84 Å². The van der Waals surface area contributed by atoms with Crippen molar-refractivity contribution >= 4 is 5.84 Å². The zero-order valence-corrected chi connectivity index (χ0v) is 12.6. The second kappa shape index (κ2) is 6.31. The summed E-state index contributed by atoms with van der Waals surface area (Å²) in [5.74, 6) is 0.970. The molecule has 4 nitrogen and oxygen atoms in total. The van der Waals surface area contributed by atoms with Crippen LogP contribution in [-0.2, 0) is 6.61 Å². The summed E-state index contributed by atoms with van der Waals surface area (Å²) in [5.41, 5.74) is 10.9. The third-order valence-corrected chi connectivity index (χ3v) is 3.62. The minimum atomic E-state index is 0.111. The largest absolute Gasteiger partial charge is 0.489 e. The van der Waals surface area contributed by atoms with Gasteiger partial charge in [0.1, 0.15) is 12.4 Å². The molecule has 0 aliphatic rings. The summed E-state index contributed by atoms with van der Waals surface area (Å²) >= 11 is 0. The molecule has 2 rings (SSSR count). The number of aryl methyl sites for hydroxylation is 3. The fourth-order valence-electron chi connectivity index (χ4n) is 2.04. The molecule has 0 unspecified atom stereocenters. The minimum Gasteiger partial charge on any atom is -0.489 e. The van der Waals surface area contributed by atoms with E-state index in [1.807, 2.05) is 37.3 Å². The van der Waals surface area contributed by atoms with Crippen molar-refractivity contribution in [3.8, 4) is 5.75 Å². The first-order valence-corrected chi connectivity index (χ1v) is 6.78. The van der Waals surface area contributed by atoms with E-state index in [-0.39, 0.29) is 5.84 Å². The van der Waals surface area contributed by atoms with Crippen LogP contribution in [0, 0.1) is 20.8 Å². The van der Waals surface area contributed by atoms with Crippen LogP contribution in [0.3, 0.4) is 0 Å². The highest BCUT2D eigenvalue weighted by atomic mass is 16.5. The molecule has 3 N–H and O–H groups in total. The molecule has 0 saturated heterocycles. The first-order valence-electron chi connectivity index (χ1n) is 6.78. The molecule has 0 spiro atoms. The highest BCUT2D eigenvalue weighted by Crippen LogP contribution is 2.19. The average molecular weight is 284 g/mol. The summed E-state index contributed by atoms with van der Waals surface area (Å²) in [6, 6.07) is 11.7. The van der Waals surface area contributed by atoms with Gasteiger partial charge in [-0.1, -0.05) is 23.4 Å². The SMILES string of the molecule is Cc1ccc(OCc2ccc(/C(N)=N/O)cc2C)cc1C. The topological polar surface area (TPSA) is 67.8 Å². The van der Waals surface area contributed by atoms with Crippen molar-refractivity contribution in [3.05, 3.63) is 64.2 Å². The van der Waals surface area contributed by atoms with Crippen molar-refractivity contribution in [2.45, 2.75) is 27.4 Å². The van der Waals surface area contributed by atoms with Gasteiger partial charge in [-0.2, -0.15) is 0 Å². The molecule has 2 aromatic carbocycles. The predicted molar refractivity (Wildman–Crippen MR) is 83.9 cm³/mol. The van der Waals surface area contributed by atoms with Gasteiger partial charge in [-0.3, -0.25) is 0 Å². The monoisotopic (exact) mass is 284 g/mol. The number of nitrogens with two attached hydrogens (primary N) is 1. The number of rotatable bonds is 4. The summed E-state index contributed by atoms with van der Waals surface area (Å²) in [6.45, 7) is 6.62. The number of oxime groups is 1. The zero-order valence-electron chi connectivity index (χ0n) is 12.6. The zero-order chi connectivity index (χ0) is 15.4. The van der Waals surface area contributed by atoms with Gasteiger partial charge in [0.25, 0.3) is 0 Å². The fraction of sp³-hybridized carbons (Fsp3) is 0.235. The lowest BCUT2D eigenvalue weighted by Gasteiger charge is -2.11. The molecule has 0 radical (unpaired) electrons. The average Bonchev–Trinajstić information content (AvgIpc) is 2.48. The van der Waals surface area contributed by atoms with E-state index in [9.17, 15) is 0 Å². The van der Waals surface area contributed by atoms with Gasteiger partial charge in [-0.05, 0) is 61.2 Å². The van der Waals surface area contributed by atoms with E-state index in [4.69, 9.17) is 15.7 Å². The Morgan fingerprint density at radius 2 is 1.81 bits per heavy atom. The summed E-state index contributed by atoms with van der Waals surface area (Å²) in [7, 11) is 0. The Balaban J connectivity index is 2.11. The van der Waals surface area contributed by atoms with Crippen LogP contribution < -0.4 is 10.5 Å². The number of ether oxygens (including phenoxy) is 1. The van der Waals surface area contributed by atoms with Crippen LogP contribution in [0.4, 0.5) is 0 Å². The molecule has 0 atom stereocenters. The molecule has 0 aromatic heterocycles. The van der Waals surface area contributed by atoms with Crippen molar-refractivity contribution in [2.75, 3.05) is 0 Å². The summed E-state index contributed by atoms with van der Waals surface area (Å²) in [5, 5.41) is 11.7. The summed E-state index contributed by atoms with van der Waals surface area (Å²) in [4.78, 5) is 0. The van der Waals surface area contributed by atoms with Gasteiger partial charge in [0.2, 0.25) is 0 Å². The lowest BCUT2D eigenvalue weighted by atomic mass is 10.1. The normalized spacial score (nSPS) is 11.5. The van der Waals surface area contributed by atoms with Gasteiger partial charge in [-0.15, -0.1) is 0 Å². The van der Waals surface area contributed by atoms with E-state index in [1.165, 1.54) is 11.1 Å². The van der Waals surface area contributed by atoms with E-state index >= 15 is 0 Å². The van der Waals surface area contributed by atoms with E-state index < -0.39 is 0 Å². The third-order valence-electron chi connectivity index (χ3n) is 3.62. The van der Waals surface area contributed by atoms with Crippen LogP contribution in [0.15, 0.2) is 41.6 Å². The maximum atomic E-state index is 8.69. The lowest BCUT2D eigenvalue weighted by molar-refractivity contribution is 0.305. The standard InChI is InChI=1S/C17H20N2O2/c1-11-4-7-16(9-12(11)2)21-10-15-6-5-14(8-13(15)3)17(18)19-20/h4-9,20H,10H2,1-3H3,(H2,18,19). The van der Waals surface area contributed by atoms with Crippen LogP contribution in [0.2, 0.25) is 0 Å². The van der Waals surface area contributed by atoms with Crippen molar-refractivity contribution in [1.82, 2.24) is 0 Å². The maximum Gasteiger partial charge on any atom is 0.170 e. The van der Waals surface area contributed by atoms with Crippen LogP contribution in [0.1, 0.15) is 27.8 Å².